The fraction of sp³-hybridized carbons (Fsp3) is 0.176. The van der Waals surface area contributed by atoms with Crippen LogP contribution in [0.5, 0.6) is 0 Å². The van der Waals surface area contributed by atoms with Crippen molar-refractivity contribution in [2.45, 2.75) is 4.90 Å². The number of hydrogen-bond acceptors (Lipinski definition) is 7. The van der Waals surface area contributed by atoms with Crippen LogP contribution in [0.1, 0.15) is 10.5 Å². The lowest BCUT2D eigenvalue weighted by Gasteiger charge is -2.07. The molecule has 3 rings (SSSR count). The molecule has 0 fully saturated rings. The summed E-state index contributed by atoms with van der Waals surface area (Å²) in [5.41, 5.74) is 1.34. The molecule has 0 saturated heterocycles. The first-order chi connectivity index (χ1) is 12.6. The minimum absolute atomic E-state index is 0.139. The summed E-state index contributed by atoms with van der Waals surface area (Å²) < 4.78 is 11.4. The molecule has 3 N–H and O–H groups in total. The highest BCUT2D eigenvalue weighted by molar-refractivity contribution is 7.84. The molecule has 2 heterocycles. The molecule has 1 aromatic carbocycles. The predicted molar refractivity (Wildman–Crippen MR) is 98.8 cm³/mol. The highest BCUT2D eigenvalue weighted by Gasteiger charge is 2.09. The van der Waals surface area contributed by atoms with Gasteiger partial charge in [-0.2, -0.15) is 4.98 Å². The van der Waals surface area contributed by atoms with Gasteiger partial charge in [-0.15, -0.1) is 0 Å². The monoisotopic (exact) mass is 371 g/mol. The number of hydrogen-bond donors (Lipinski definition) is 3. The highest BCUT2D eigenvalue weighted by Crippen LogP contribution is 2.17. The Morgan fingerprint density at radius 3 is 2.62 bits per heavy atom. The summed E-state index contributed by atoms with van der Waals surface area (Å²) in [7, 11) is -1.03. The van der Waals surface area contributed by atoms with Gasteiger partial charge in [-0.05, 0) is 36.4 Å². The normalized spacial score (nSPS) is 11.9. The van der Waals surface area contributed by atoms with E-state index in [2.05, 4.69) is 25.6 Å². The van der Waals surface area contributed by atoms with E-state index < -0.39 is 10.8 Å². The van der Waals surface area contributed by atoms with Crippen LogP contribution in [0.25, 0.3) is 11.0 Å². The minimum Gasteiger partial charge on any atom is -0.395 e. The zero-order valence-electron chi connectivity index (χ0n) is 14.0. The Bertz CT molecular complexity index is 962. The maximum Gasteiger partial charge on any atom is 0.270 e. The summed E-state index contributed by atoms with van der Waals surface area (Å²) >= 11 is 0. The van der Waals surface area contributed by atoms with Crippen LogP contribution in [-0.2, 0) is 10.8 Å². The first kappa shape index (κ1) is 17.9. The first-order valence-electron chi connectivity index (χ1n) is 7.80. The predicted octanol–water partition coefficient (Wildman–Crippen LogP) is 1.23. The van der Waals surface area contributed by atoms with Crippen molar-refractivity contribution in [2.24, 2.45) is 0 Å². The summed E-state index contributed by atoms with van der Waals surface area (Å²) in [5.74, 6) is -0.0412. The van der Waals surface area contributed by atoms with Gasteiger partial charge in [-0.25, -0.2) is 9.97 Å². The van der Waals surface area contributed by atoms with Gasteiger partial charge in [0.15, 0.2) is 5.65 Å². The Hall–Kier alpha value is -2.91. The molecule has 1 unspecified atom stereocenters. The second-order valence-electron chi connectivity index (χ2n) is 5.39. The number of benzene rings is 1. The van der Waals surface area contributed by atoms with Gasteiger partial charge in [0.05, 0.1) is 6.61 Å². The molecule has 9 heteroatoms. The van der Waals surface area contributed by atoms with Crippen LogP contribution in [0, 0.1) is 0 Å². The number of anilines is 2. The third-order valence-electron chi connectivity index (χ3n) is 3.52. The number of amides is 1. The van der Waals surface area contributed by atoms with Crippen LogP contribution in [0.15, 0.2) is 47.5 Å². The Labute approximate surface area is 152 Å². The Kier molecular flexibility index (Phi) is 5.49. The lowest BCUT2D eigenvalue weighted by Crippen LogP contribution is -2.27. The average Bonchev–Trinajstić information content (AvgIpc) is 2.66. The zero-order chi connectivity index (χ0) is 18.5. The lowest BCUT2D eigenvalue weighted by atomic mass is 10.3. The van der Waals surface area contributed by atoms with Crippen LogP contribution in [0.2, 0.25) is 0 Å². The van der Waals surface area contributed by atoms with Gasteiger partial charge in [0.2, 0.25) is 5.95 Å². The average molecular weight is 371 g/mol. The van der Waals surface area contributed by atoms with Gasteiger partial charge in [0.1, 0.15) is 5.69 Å². The van der Waals surface area contributed by atoms with Crippen molar-refractivity contribution < 1.29 is 14.1 Å². The third kappa shape index (κ3) is 4.19. The maximum atomic E-state index is 11.9. The smallest absolute Gasteiger partial charge is 0.270 e. The summed E-state index contributed by atoms with van der Waals surface area (Å²) in [4.78, 5) is 25.5. The second-order valence-corrected chi connectivity index (χ2v) is 6.77. The number of rotatable bonds is 6. The molecule has 0 aliphatic rings. The summed E-state index contributed by atoms with van der Waals surface area (Å²) in [6.07, 6.45) is 3.23. The number of aliphatic hydroxyl groups excluding tert-OH is 1. The van der Waals surface area contributed by atoms with Crippen LogP contribution in [-0.4, -0.2) is 49.6 Å². The molecule has 2 aromatic heterocycles. The van der Waals surface area contributed by atoms with Crippen molar-refractivity contribution in [3.63, 3.8) is 0 Å². The van der Waals surface area contributed by atoms with E-state index in [1.54, 1.807) is 48.9 Å². The zero-order valence-corrected chi connectivity index (χ0v) is 14.8. The van der Waals surface area contributed by atoms with Crippen molar-refractivity contribution in [3.05, 3.63) is 48.3 Å². The van der Waals surface area contributed by atoms with Crippen molar-refractivity contribution >= 4 is 39.4 Å². The quantitative estimate of drug-likeness (QED) is 0.596. The molecule has 0 radical (unpaired) electrons. The molecular weight excluding hydrogens is 354 g/mol. The fourth-order valence-electron chi connectivity index (χ4n) is 2.22. The number of fused-ring (bicyclic) bond motifs is 1. The van der Waals surface area contributed by atoms with Crippen molar-refractivity contribution in [1.29, 1.82) is 0 Å². The van der Waals surface area contributed by atoms with Gasteiger partial charge in [0.25, 0.3) is 5.91 Å². The minimum atomic E-state index is -1.03. The molecule has 134 valence electrons. The van der Waals surface area contributed by atoms with Gasteiger partial charge in [-0.1, -0.05) is 0 Å². The Morgan fingerprint density at radius 2 is 1.92 bits per heavy atom. The van der Waals surface area contributed by atoms with E-state index in [0.29, 0.717) is 17.0 Å². The molecule has 0 aliphatic heterocycles. The molecule has 8 nitrogen and oxygen atoms in total. The van der Waals surface area contributed by atoms with Crippen LogP contribution in [0.4, 0.5) is 11.6 Å². The number of aliphatic hydroxyl groups is 1. The number of nitrogens with one attached hydrogen (secondary N) is 2. The highest BCUT2D eigenvalue weighted by atomic mass is 32.2. The summed E-state index contributed by atoms with van der Waals surface area (Å²) in [5, 5.41) is 15.1. The largest absolute Gasteiger partial charge is 0.395 e. The molecule has 1 atom stereocenters. The molecule has 26 heavy (non-hydrogen) atoms. The standard InChI is InChI=1S/C17H17N5O3S/c1-26(25)13-5-3-12(4-6-13)20-17-19-10-11-2-7-14(21-15(11)22-17)16(24)18-8-9-23/h2-7,10,23H,8-9H2,1H3,(H,18,24)(H,19,20,21,22). The SMILES string of the molecule is CS(=O)c1ccc(Nc2ncc3ccc(C(=O)NCCO)nc3n2)cc1. The molecule has 0 bridgehead atoms. The first-order valence-corrected chi connectivity index (χ1v) is 9.36. The van der Waals surface area contributed by atoms with E-state index in [-0.39, 0.29) is 24.8 Å². The second kappa shape index (κ2) is 7.98. The third-order valence-corrected chi connectivity index (χ3v) is 4.45. The summed E-state index contributed by atoms with van der Waals surface area (Å²) in [6, 6.07) is 10.4. The van der Waals surface area contributed by atoms with E-state index in [1.807, 2.05) is 0 Å². The fourth-order valence-corrected chi connectivity index (χ4v) is 2.73. The molecule has 0 aliphatic carbocycles. The topological polar surface area (TPSA) is 117 Å². The van der Waals surface area contributed by atoms with Crippen molar-refractivity contribution in [1.82, 2.24) is 20.3 Å². The van der Waals surface area contributed by atoms with E-state index in [1.165, 1.54) is 0 Å². The van der Waals surface area contributed by atoms with E-state index in [9.17, 15) is 9.00 Å². The molecule has 3 aromatic rings. The number of aromatic nitrogens is 3. The Morgan fingerprint density at radius 1 is 1.15 bits per heavy atom. The van der Waals surface area contributed by atoms with Crippen LogP contribution >= 0.6 is 0 Å². The maximum absolute atomic E-state index is 11.9. The number of carbonyl (C=O) groups excluding carboxylic acids is 1. The van der Waals surface area contributed by atoms with Crippen molar-refractivity contribution in [3.8, 4) is 0 Å². The van der Waals surface area contributed by atoms with E-state index >= 15 is 0 Å². The van der Waals surface area contributed by atoms with E-state index in [4.69, 9.17) is 5.11 Å². The van der Waals surface area contributed by atoms with E-state index in [0.717, 1.165) is 10.6 Å². The number of nitrogens with zero attached hydrogens (tertiary/aromatic N) is 3. The molecular formula is C17H17N5O3S. The van der Waals surface area contributed by atoms with Crippen molar-refractivity contribution in [2.75, 3.05) is 24.7 Å². The van der Waals surface area contributed by atoms with Gasteiger partial charge in [0, 0.05) is 45.8 Å². The molecule has 1 amide bonds. The van der Waals surface area contributed by atoms with Gasteiger partial charge in [-0.3, -0.25) is 9.00 Å². The van der Waals surface area contributed by atoms with Gasteiger partial charge >= 0.3 is 0 Å². The number of carbonyl (C=O) groups is 1. The molecule has 0 spiro atoms. The lowest BCUT2D eigenvalue weighted by molar-refractivity contribution is 0.0940. The molecule has 0 saturated carbocycles. The van der Waals surface area contributed by atoms with Crippen LogP contribution in [0.3, 0.4) is 0 Å². The summed E-state index contributed by atoms with van der Waals surface area (Å²) in [6.45, 7) is 0.0215. The Balaban J connectivity index is 1.83. The number of pyridine rings is 1. The van der Waals surface area contributed by atoms with Crippen LogP contribution < -0.4 is 10.6 Å². The van der Waals surface area contributed by atoms with Gasteiger partial charge < -0.3 is 15.7 Å².